The molecule has 1 atom stereocenters. The summed E-state index contributed by atoms with van der Waals surface area (Å²) >= 11 is 0. The molecule has 2 heterocycles. The summed E-state index contributed by atoms with van der Waals surface area (Å²) in [4.78, 5) is 41.4. The number of allylic oxidation sites excluding steroid dienone is 1. The van der Waals surface area contributed by atoms with Crippen LogP contribution < -0.4 is 30.8 Å². The number of nitrogens with zero attached hydrogens (tertiary/aromatic N) is 4. The molecule has 0 spiro atoms. The van der Waals surface area contributed by atoms with Crippen LogP contribution in [0.3, 0.4) is 0 Å². The van der Waals surface area contributed by atoms with Crippen LogP contribution in [0.25, 0.3) is 10.9 Å². The van der Waals surface area contributed by atoms with Gasteiger partial charge in [0.1, 0.15) is 5.75 Å². The van der Waals surface area contributed by atoms with Gasteiger partial charge in [-0.1, -0.05) is 0 Å². The number of aryl methyl sites for hydroxylation is 1. The van der Waals surface area contributed by atoms with Crippen LogP contribution in [0.4, 0.5) is 4.39 Å². The minimum atomic E-state index is -0.814. The van der Waals surface area contributed by atoms with Crippen molar-refractivity contribution in [2.24, 2.45) is 7.05 Å². The van der Waals surface area contributed by atoms with Crippen LogP contribution >= 0.6 is 0 Å². The molecule has 11 nitrogen and oxygen atoms in total. The third-order valence-electron chi connectivity index (χ3n) is 5.62. The molecule has 2 aromatic heterocycles. The van der Waals surface area contributed by atoms with Gasteiger partial charge in [-0.15, -0.1) is 0 Å². The molecular formula is C24H24FN5O6. The number of halogens is 1. The topological polar surface area (TPSA) is 127 Å². The van der Waals surface area contributed by atoms with E-state index in [2.05, 4.69) is 15.4 Å². The highest BCUT2D eigenvalue weighted by molar-refractivity contribution is 5.92. The number of rotatable bonds is 7. The van der Waals surface area contributed by atoms with Crippen LogP contribution in [-0.2, 0) is 13.6 Å². The number of nitrogens with one attached hydrogen (secondary N) is 1. The van der Waals surface area contributed by atoms with Crippen molar-refractivity contribution in [3.8, 4) is 17.2 Å². The van der Waals surface area contributed by atoms with E-state index in [-0.39, 0.29) is 18.7 Å². The lowest BCUT2D eigenvalue weighted by atomic mass is 10.1. The van der Waals surface area contributed by atoms with Gasteiger partial charge in [0.25, 0.3) is 11.5 Å². The Bertz CT molecular complexity index is 1520. The molecule has 0 saturated heterocycles. The van der Waals surface area contributed by atoms with Crippen molar-refractivity contribution in [2.45, 2.75) is 25.9 Å². The smallest absolute Gasteiger partial charge is 0.347 e. The van der Waals surface area contributed by atoms with Gasteiger partial charge in [-0.25, -0.2) is 13.9 Å². The van der Waals surface area contributed by atoms with Crippen molar-refractivity contribution in [1.29, 1.82) is 0 Å². The molecule has 0 aliphatic heterocycles. The van der Waals surface area contributed by atoms with Crippen LogP contribution in [0.15, 0.2) is 57.7 Å². The highest BCUT2D eigenvalue weighted by atomic mass is 19.1. The summed E-state index contributed by atoms with van der Waals surface area (Å²) < 4.78 is 33.2. The average Bonchev–Trinajstić information content (AvgIpc) is 2.87. The zero-order valence-electron chi connectivity index (χ0n) is 20.1. The number of methoxy groups -OCH3 is 2. The monoisotopic (exact) mass is 497 g/mol. The van der Waals surface area contributed by atoms with Gasteiger partial charge in [0.2, 0.25) is 5.69 Å². The van der Waals surface area contributed by atoms with Crippen molar-refractivity contribution in [3.63, 3.8) is 0 Å². The zero-order valence-corrected chi connectivity index (χ0v) is 20.1. The van der Waals surface area contributed by atoms with E-state index in [1.54, 1.807) is 25.1 Å². The molecule has 12 heteroatoms. The maximum absolute atomic E-state index is 14.9. The van der Waals surface area contributed by atoms with Gasteiger partial charge in [0, 0.05) is 31.2 Å². The molecule has 1 amide bonds. The first-order chi connectivity index (χ1) is 17.3. The Morgan fingerprint density at radius 3 is 2.58 bits per heavy atom. The van der Waals surface area contributed by atoms with Crippen molar-refractivity contribution in [1.82, 2.24) is 24.6 Å². The predicted octanol–water partition coefficient (Wildman–Crippen LogP) is 1.85. The summed E-state index contributed by atoms with van der Waals surface area (Å²) in [6, 6.07) is 4.22. The Labute approximate surface area is 204 Å². The zero-order chi connectivity index (χ0) is 26.0. The van der Waals surface area contributed by atoms with Gasteiger partial charge < -0.3 is 19.5 Å². The van der Waals surface area contributed by atoms with Crippen LogP contribution in [0, 0.1) is 0 Å². The number of carbonyl (C=O) groups excluding carboxylic acids is 1. The third kappa shape index (κ3) is 4.57. The largest absolute Gasteiger partial charge is 0.493 e. The van der Waals surface area contributed by atoms with Crippen molar-refractivity contribution in [3.05, 3.63) is 74.7 Å². The first-order valence-corrected chi connectivity index (χ1v) is 11.0. The highest BCUT2D eigenvalue weighted by Gasteiger charge is 2.24. The van der Waals surface area contributed by atoms with Crippen molar-refractivity contribution >= 4 is 16.8 Å². The number of ether oxygens (including phenoxy) is 3. The fourth-order valence-corrected chi connectivity index (χ4v) is 3.79. The number of pyridine rings is 1. The molecule has 1 aromatic carbocycles. The quantitative estimate of drug-likeness (QED) is 0.524. The number of aromatic nitrogens is 4. The van der Waals surface area contributed by atoms with E-state index in [0.29, 0.717) is 28.2 Å². The molecule has 3 aromatic rings. The summed E-state index contributed by atoms with van der Waals surface area (Å²) in [5, 5.41) is 6.92. The molecule has 0 radical (unpaired) electrons. The molecular weight excluding hydrogens is 473 g/mol. The van der Waals surface area contributed by atoms with E-state index in [1.165, 1.54) is 39.6 Å². The van der Waals surface area contributed by atoms with E-state index in [9.17, 15) is 18.8 Å². The van der Waals surface area contributed by atoms with Gasteiger partial charge in [-0.3, -0.25) is 19.1 Å². The molecule has 0 saturated carbocycles. The first-order valence-electron chi connectivity index (χ1n) is 11.0. The van der Waals surface area contributed by atoms with E-state index in [4.69, 9.17) is 14.2 Å². The summed E-state index contributed by atoms with van der Waals surface area (Å²) in [7, 11) is 4.36. The summed E-state index contributed by atoms with van der Waals surface area (Å²) in [5.74, 6) is -0.227. The molecule has 0 bridgehead atoms. The lowest BCUT2D eigenvalue weighted by Crippen LogP contribution is -2.46. The van der Waals surface area contributed by atoms with Crippen molar-refractivity contribution < 1.29 is 23.4 Å². The third-order valence-corrected chi connectivity index (χ3v) is 5.62. The predicted molar refractivity (Wildman–Crippen MR) is 128 cm³/mol. The second-order valence-corrected chi connectivity index (χ2v) is 7.84. The number of carbonyl (C=O) groups is 1. The molecule has 0 fully saturated rings. The Morgan fingerprint density at radius 1 is 1.19 bits per heavy atom. The minimum Gasteiger partial charge on any atom is -0.493 e. The normalized spacial score (nSPS) is 15.2. The number of fused-ring (bicyclic) bond motifs is 1. The summed E-state index contributed by atoms with van der Waals surface area (Å²) in [5.41, 5.74) is -1.33. The lowest BCUT2D eigenvalue weighted by Gasteiger charge is -2.20. The van der Waals surface area contributed by atoms with Crippen LogP contribution in [0.2, 0.25) is 0 Å². The van der Waals surface area contributed by atoms with Gasteiger partial charge >= 0.3 is 5.69 Å². The fraction of sp³-hybridized carbons (Fsp3) is 0.292. The molecule has 1 aliphatic rings. The highest BCUT2D eigenvalue weighted by Crippen LogP contribution is 2.36. The Morgan fingerprint density at radius 2 is 1.92 bits per heavy atom. The molecule has 4 rings (SSSR count). The first kappa shape index (κ1) is 24.6. The van der Waals surface area contributed by atoms with E-state index in [1.807, 2.05) is 0 Å². The van der Waals surface area contributed by atoms with Crippen molar-refractivity contribution in [2.75, 3.05) is 14.2 Å². The maximum Gasteiger partial charge on any atom is 0.347 e. The summed E-state index contributed by atoms with van der Waals surface area (Å²) in [6.45, 7) is 1.69. The van der Waals surface area contributed by atoms with E-state index < -0.39 is 34.7 Å². The SMILES string of the molecule is CCn1c(=O)c(C(=O)NC2C=C(F)C(Oc3ccnc4cc(OC)c(OC)cc34)=CC2)nn(C)c1=O. The molecule has 1 N–H and O–H groups in total. The molecule has 1 unspecified atom stereocenters. The average molecular weight is 497 g/mol. The summed E-state index contributed by atoms with van der Waals surface area (Å²) in [6.07, 6.45) is 4.40. The van der Waals surface area contributed by atoms with Crippen LogP contribution in [0.1, 0.15) is 23.8 Å². The standard InChI is InChI=1S/C24H24FN5O6/c1-5-30-23(32)21(28-29(2)24(30)33)22(31)27-13-6-7-18(15(25)10-13)36-17-8-9-26-16-12-20(35-4)19(34-3)11-14(16)17/h7-13H,5-6H2,1-4H3,(H,27,31). The Kier molecular flexibility index (Phi) is 6.86. The van der Waals surface area contributed by atoms with Crippen LogP contribution in [-0.4, -0.2) is 45.5 Å². The van der Waals surface area contributed by atoms with Gasteiger partial charge in [-0.2, -0.15) is 5.10 Å². The number of benzene rings is 1. The van der Waals surface area contributed by atoms with Crippen LogP contribution in [0.5, 0.6) is 17.2 Å². The maximum atomic E-state index is 14.9. The molecule has 188 valence electrons. The number of hydrogen-bond donors (Lipinski definition) is 1. The molecule has 36 heavy (non-hydrogen) atoms. The van der Waals surface area contributed by atoms with E-state index >= 15 is 0 Å². The van der Waals surface area contributed by atoms with Gasteiger partial charge in [0.15, 0.2) is 23.1 Å². The van der Waals surface area contributed by atoms with E-state index in [0.717, 1.165) is 9.25 Å². The second kappa shape index (κ2) is 10.0. The van der Waals surface area contributed by atoms with Gasteiger partial charge in [-0.05, 0) is 37.6 Å². The fourth-order valence-electron chi connectivity index (χ4n) is 3.79. The number of hydrogen-bond acceptors (Lipinski definition) is 8. The Hall–Kier alpha value is -4.48. The molecule has 1 aliphatic carbocycles. The minimum absolute atomic E-state index is 0.0312. The second-order valence-electron chi connectivity index (χ2n) is 7.84. The van der Waals surface area contributed by atoms with Gasteiger partial charge in [0.05, 0.1) is 25.8 Å². The Balaban J connectivity index is 1.54. The lowest BCUT2D eigenvalue weighted by molar-refractivity contribution is 0.0933. The number of amides is 1.